The van der Waals surface area contributed by atoms with Crippen molar-refractivity contribution in [3.8, 4) is 0 Å². The second-order valence-corrected chi connectivity index (χ2v) is 6.38. The zero-order valence-corrected chi connectivity index (χ0v) is 15.5. The molecule has 5 heteroatoms. The van der Waals surface area contributed by atoms with Gasteiger partial charge in [-0.3, -0.25) is 9.59 Å². The lowest BCUT2D eigenvalue weighted by molar-refractivity contribution is -0.140. The number of carbonyl (C=O) groups is 2. The van der Waals surface area contributed by atoms with Crippen molar-refractivity contribution in [2.75, 3.05) is 6.54 Å². The maximum absolute atomic E-state index is 13.1. The first-order valence-electron chi connectivity index (χ1n) is 8.78. The van der Waals surface area contributed by atoms with Gasteiger partial charge in [-0.15, -0.1) is 0 Å². The van der Waals surface area contributed by atoms with Gasteiger partial charge in [0.05, 0.1) is 6.42 Å². The number of halogens is 1. The number of carbonyl (C=O) groups excluding carboxylic acids is 2. The Hall–Kier alpha value is -2.69. The Morgan fingerprint density at radius 2 is 1.62 bits per heavy atom. The van der Waals surface area contributed by atoms with Gasteiger partial charge in [-0.25, -0.2) is 4.39 Å². The molecule has 1 N–H and O–H groups in total. The van der Waals surface area contributed by atoms with Gasteiger partial charge in [0.25, 0.3) is 0 Å². The van der Waals surface area contributed by atoms with Crippen LogP contribution in [0.3, 0.4) is 0 Å². The third-order valence-electron chi connectivity index (χ3n) is 4.26. The normalized spacial score (nSPS) is 11.7. The fourth-order valence-electron chi connectivity index (χ4n) is 2.67. The van der Waals surface area contributed by atoms with Crippen molar-refractivity contribution in [1.29, 1.82) is 0 Å². The predicted molar refractivity (Wildman–Crippen MR) is 100.0 cm³/mol. The minimum Gasteiger partial charge on any atom is -0.355 e. The van der Waals surface area contributed by atoms with Crippen LogP contribution in [0.5, 0.6) is 0 Å². The van der Waals surface area contributed by atoms with Crippen LogP contribution < -0.4 is 5.32 Å². The Kier molecular flexibility index (Phi) is 6.89. The highest BCUT2D eigenvalue weighted by Crippen LogP contribution is 2.13. The zero-order valence-electron chi connectivity index (χ0n) is 15.5. The number of amides is 2. The first-order chi connectivity index (χ1) is 12.4. The number of nitrogens with zero attached hydrogens (tertiary/aromatic N) is 1. The summed E-state index contributed by atoms with van der Waals surface area (Å²) in [6.45, 7) is 6.29. The zero-order chi connectivity index (χ0) is 19.1. The van der Waals surface area contributed by atoms with Crippen molar-refractivity contribution in [1.82, 2.24) is 10.2 Å². The number of benzene rings is 2. The van der Waals surface area contributed by atoms with E-state index in [0.717, 1.165) is 16.7 Å². The van der Waals surface area contributed by atoms with Gasteiger partial charge in [0.15, 0.2) is 0 Å². The van der Waals surface area contributed by atoms with E-state index in [4.69, 9.17) is 0 Å². The summed E-state index contributed by atoms with van der Waals surface area (Å²) < 4.78 is 13.1. The molecule has 0 aliphatic carbocycles. The Labute approximate surface area is 154 Å². The van der Waals surface area contributed by atoms with E-state index in [1.165, 1.54) is 17.0 Å². The van der Waals surface area contributed by atoms with Crippen LogP contribution in [0.25, 0.3) is 0 Å². The molecule has 0 fully saturated rings. The molecule has 2 aromatic rings. The number of aryl methyl sites for hydroxylation is 1. The molecule has 0 aliphatic rings. The SMILES string of the molecule is CCNC(=O)C(C)N(Cc1ccc(F)cc1)C(=O)Cc1ccc(C)cc1. The van der Waals surface area contributed by atoms with Gasteiger partial charge in [-0.2, -0.15) is 0 Å². The Bertz CT molecular complexity index is 742. The monoisotopic (exact) mass is 356 g/mol. The Balaban J connectivity index is 2.20. The third kappa shape index (κ3) is 5.41. The molecule has 0 radical (unpaired) electrons. The lowest BCUT2D eigenvalue weighted by Crippen LogP contribution is -2.48. The van der Waals surface area contributed by atoms with Gasteiger partial charge in [0.2, 0.25) is 11.8 Å². The van der Waals surface area contributed by atoms with E-state index < -0.39 is 6.04 Å². The highest BCUT2D eigenvalue weighted by molar-refractivity contribution is 5.88. The van der Waals surface area contributed by atoms with Gasteiger partial charge < -0.3 is 10.2 Å². The van der Waals surface area contributed by atoms with Crippen LogP contribution in [0, 0.1) is 12.7 Å². The number of hydrogen-bond acceptors (Lipinski definition) is 2. The molecule has 1 atom stereocenters. The van der Waals surface area contributed by atoms with E-state index >= 15 is 0 Å². The molecule has 26 heavy (non-hydrogen) atoms. The summed E-state index contributed by atoms with van der Waals surface area (Å²) in [6, 6.07) is 13.1. The minimum atomic E-state index is -0.613. The van der Waals surface area contributed by atoms with Crippen LogP contribution in [0.4, 0.5) is 4.39 Å². The van der Waals surface area contributed by atoms with Crippen LogP contribution in [-0.2, 0) is 22.6 Å². The average molecular weight is 356 g/mol. The van der Waals surface area contributed by atoms with E-state index in [2.05, 4.69) is 5.32 Å². The molecule has 0 heterocycles. The van der Waals surface area contributed by atoms with E-state index in [-0.39, 0.29) is 30.6 Å². The third-order valence-corrected chi connectivity index (χ3v) is 4.26. The predicted octanol–water partition coefficient (Wildman–Crippen LogP) is 3.23. The van der Waals surface area contributed by atoms with Crippen molar-refractivity contribution < 1.29 is 14.0 Å². The molecule has 2 aromatic carbocycles. The molecule has 1 unspecified atom stereocenters. The van der Waals surface area contributed by atoms with Gasteiger partial charge >= 0.3 is 0 Å². The Morgan fingerprint density at radius 3 is 2.19 bits per heavy atom. The van der Waals surface area contributed by atoms with Crippen LogP contribution in [0.2, 0.25) is 0 Å². The fraction of sp³-hybridized carbons (Fsp3) is 0.333. The molecule has 2 rings (SSSR count). The molecule has 0 saturated heterocycles. The summed E-state index contributed by atoms with van der Waals surface area (Å²) in [5.41, 5.74) is 2.80. The molecule has 0 aliphatic heterocycles. The summed E-state index contributed by atoms with van der Waals surface area (Å²) in [6.07, 6.45) is 0.214. The van der Waals surface area contributed by atoms with E-state index in [1.807, 2.05) is 38.1 Å². The van der Waals surface area contributed by atoms with Crippen molar-refractivity contribution >= 4 is 11.8 Å². The van der Waals surface area contributed by atoms with Gasteiger partial charge in [-0.1, -0.05) is 42.0 Å². The van der Waals surface area contributed by atoms with Crippen LogP contribution in [0.15, 0.2) is 48.5 Å². The summed E-state index contributed by atoms with van der Waals surface area (Å²) in [5, 5.41) is 2.75. The molecule has 2 amide bonds. The molecule has 0 spiro atoms. The van der Waals surface area contributed by atoms with Crippen molar-refractivity contribution in [2.24, 2.45) is 0 Å². The number of rotatable bonds is 7. The molecular weight excluding hydrogens is 331 g/mol. The second kappa shape index (κ2) is 9.13. The smallest absolute Gasteiger partial charge is 0.242 e. The lowest BCUT2D eigenvalue weighted by Gasteiger charge is -2.29. The molecule has 0 aromatic heterocycles. The standard InChI is InChI=1S/C21H25FN2O2/c1-4-23-21(26)16(3)24(14-18-9-11-19(22)12-10-18)20(25)13-17-7-5-15(2)6-8-17/h5-12,16H,4,13-14H2,1-3H3,(H,23,26). The van der Waals surface area contributed by atoms with Crippen molar-refractivity contribution in [3.05, 3.63) is 71.0 Å². The van der Waals surface area contributed by atoms with E-state index in [1.54, 1.807) is 19.1 Å². The van der Waals surface area contributed by atoms with Gasteiger partial charge in [0, 0.05) is 13.1 Å². The van der Waals surface area contributed by atoms with Crippen molar-refractivity contribution in [3.63, 3.8) is 0 Å². The quantitative estimate of drug-likeness (QED) is 0.828. The van der Waals surface area contributed by atoms with Gasteiger partial charge in [0.1, 0.15) is 11.9 Å². The van der Waals surface area contributed by atoms with Crippen LogP contribution in [-0.4, -0.2) is 29.3 Å². The number of nitrogens with one attached hydrogen (secondary N) is 1. The minimum absolute atomic E-state index is 0.142. The van der Waals surface area contributed by atoms with Crippen molar-refractivity contribution in [2.45, 2.75) is 39.8 Å². The highest BCUT2D eigenvalue weighted by atomic mass is 19.1. The lowest BCUT2D eigenvalue weighted by atomic mass is 10.1. The molecule has 0 bridgehead atoms. The van der Waals surface area contributed by atoms with E-state index in [0.29, 0.717) is 6.54 Å². The highest BCUT2D eigenvalue weighted by Gasteiger charge is 2.25. The summed E-state index contributed by atoms with van der Waals surface area (Å²) in [5.74, 6) is -0.674. The first-order valence-corrected chi connectivity index (χ1v) is 8.78. The van der Waals surface area contributed by atoms with Gasteiger partial charge in [-0.05, 0) is 44.0 Å². The average Bonchev–Trinajstić information content (AvgIpc) is 2.62. The topological polar surface area (TPSA) is 49.4 Å². The number of likely N-dealkylation sites (N-methyl/N-ethyl adjacent to an activating group) is 1. The van der Waals surface area contributed by atoms with Crippen LogP contribution in [0.1, 0.15) is 30.5 Å². The molecule has 4 nitrogen and oxygen atoms in total. The maximum atomic E-state index is 13.1. The number of hydrogen-bond donors (Lipinski definition) is 1. The first kappa shape index (κ1) is 19.6. The maximum Gasteiger partial charge on any atom is 0.242 e. The van der Waals surface area contributed by atoms with Crippen LogP contribution >= 0.6 is 0 Å². The summed E-state index contributed by atoms with van der Waals surface area (Å²) >= 11 is 0. The fourth-order valence-corrected chi connectivity index (χ4v) is 2.67. The second-order valence-electron chi connectivity index (χ2n) is 6.38. The largest absolute Gasteiger partial charge is 0.355 e. The Morgan fingerprint density at radius 1 is 1.04 bits per heavy atom. The summed E-state index contributed by atoms with van der Waals surface area (Å²) in [7, 11) is 0. The molecular formula is C21H25FN2O2. The van der Waals surface area contributed by atoms with E-state index in [9.17, 15) is 14.0 Å². The molecule has 0 saturated carbocycles. The summed E-state index contributed by atoms with van der Waals surface area (Å²) in [4.78, 5) is 26.7. The molecule has 138 valence electrons.